The van der Waals surface area contributed by atoms with E-state index in [1.165, 1.54) is 0 Å². The molecular formula is C19H25F3N2O3. The standard InChI is InChI=1S/C19H25F3N2O3/c1-17(2,3)27-15(25)14(12-13-8-5-4-6-9-13)24-16(26)18(19(20,21)22)10-7-11-23-18/h4-6,8-9,14,23H,7,10-12H2,1-3H3,(H,24,26)/t14-,18-/m0/s1. The first-order valence-corrected chi connectivity index (χ1v) is 8.84. The second-order valence-electron chi connectivity index (χ2n) is 7.68. The topological polar surface area (TPSA) is 67.4 Å². The average molecular weight is 386 g/mol. The molecule has 0 aliphatic carbocycles. The molecule has 1 amide bonds. The maximum Gasteiger partial charge on any atom is 0.415 e. The molecule has 2 N–H and O–H groups in total. The third-order valence-corrected chi connectivity index (χ3v) is 4.31. The predicted octanol–water partition coefficient (Wildman–Crippen LogP) is 2.74. The second-order valence-corrected chi connectivity index (χ2v) is 7.68. The Bertz CT molecular complexity index is 663. The van der Waals surface area contributed by atoms with E-state index in [0.29, 0.717) is 5.56 Å². The van der Waals surface area contributed by atoms with Crippen LogP contribution in [0, 0.1) is 0 Å². The second kappa shape index (κ2) is 7.88. The number of carbonyl (C=O) groups is 2. The number of halogens is 3. The zero-order valence-corrected chi connectivity index (χ0v) is 15.7. The summed E-state index contributed by atoms with van der Waals surface area (Å²) in [5.74, 6) is -2.02. The normalized spacial score (nSPS) is 21.6. The Kier molecular flexibility index (Phi) is 6.19. The molecule has 0 unspecified atom stereocenters. The van der Waals surface area contributed by atoms with Crippen LogP contribution in [-0.2, 0) is 20.7 Å². The Balaban J connectivity index is 2.24. The van der Waals surface area contributed by atoms with Gasteiger partial charge < -0.3 is 10.1 Å². The van der Waals surface area contributed by atoms with Crippen molar-refractivity contribution in [2.75, 3.05) is 6.54 Å². The Morgan fingerprint density at radius 3 is 2.33 bits per heavy atom. The quantitative estimate of drug-likeness (QED) is 0.764. The summed E-state index contributed by atoms with van der Waals surface area (Å²) in [4.78, 5) is 25.1. The maximum absolute atomic E-state index is 13.6. The van der Waals surface area contributed by atoms with E-state index >= 15 is 0 Å². The molecule has 1 aromatic rings. The molecule has 0 saturated carbocycles. The molecule has 1 heterocycles. The highest BCUT2D eigenvalue weighted by Crippen LogP contribution is 2.37. The summed E-state index contributed by atoms with van der Waals surface area (Å²) < 4.78 is 46.0. The van der Waals surface area contributed by atoms with Gasteiger partial charge in [-0.2, -0.15) is 13.2 Å². The zero-order valence-electron chi connectivity index (χ0n) is 15.7. The molecule has 0 spiro atoms. The molecule has 27 heavy (non-hydrogen) atoms. The Hall–Kier alpha value is -2.09. The number of rotatable bonds is 5. The fraction of sp³-hybridized carbons (Fsp3) is 0.579. The van der Waals surface area contributed by atoms with Crippen LogP contribution >= 0.6 is 0 Å². The SMILES string of the molecule is CC(C)(C)OC(=O)[C@H](Cc1ccccc1)NC(=O)[C@]1(C(F)(F)F)CCCN1. The van der Waals surface area contributed by atoms with Crippen LogP contribution in [0.3, 0.4) is 0 Å². The van der Waals surface area contributed by atoms with Crippen molar-refractivity contribution in [1.82, 2.24) is 10.6 Å². The van der Waals surface area contributed by atoms with Crippen molar-refractivity contribution < 1.29 is 27.5 Å². The lowest BCUT2D eigenvalue weighted by Crippen LogP contribution is -2.65. The van der Waals surface area contributed by atoms with Crippen LogP contribution in [0.15, 0.2) is 30.3 Å². The van der Waals surface area contributed by atoms with Crippen molar-refractivity contribution in [1.29, 1.82) is 0 Å². The molecule has 1 aliphatic heterocycles. The number of hydrogen-bond donors (Lipinski definition) is 2. The largest absolute Gasteiger partial charge is 0.458 e. The van der Waals surface area contributed by atoms with E-state index in [1.807, 2.05) is 0 Å². The molecule has 1 aromatic carbocycles. The molecule has 0 radical (unpaired) electrons. The molecule has 1 fully saturated rings. The van der Waals surface area contributed by atoms with E-state index in [2.05, 4.69) is 10.6 Å². The van der Waals surface area contributed by atoms with Crippen LogP contribution in [-0.4, -0.2) is 41.8 Å². The first-order chi connectivity index (χ1) is 12.4. The summed E-state index contributed by atoms with van der Waals surface area (Å²) in [6.07, 6.45) is -4.87. The highest BCUT2D eigenvalue weighted by atomic mass is 19.4. The third-order valence-electron chi connectivity index (χ3n) is 4.31. The van der Waals surface area contributed by atoms with Gasteiger partial charge in [0, 0.05) is 6.42 Å². The van der Waals surface area contributed by atoms with E-state index in [4.69, 9.17) is 4.74 Å². The van der Waals surface area contributed by atoms with Crippen molar-refractivity contribution in [2.24, 2.45) is 0 Å². The lowest BCUT2D eigenvalue weighted by molar-refractivity contribution is -0.197. The number of carbonyl (C=O) groups excluding carboxylic acids is 2. The van der Waals surface area contributed by atoms with Gasteiger partial charge >= 0.3 is 12.1 Å². The summed E-state index contributed by atoms with van der Waals surface area (Å²) in [7, 11) is 0. The molecule has 2 rings (SSSR count). The molecule has 150 valence electrons. The summed E-state index contributed by atoms with van der Waals surface area (Å²) >= 11 is 0. The smallest absolute Gasteiger partial charge is 0.415 e. The van der Waals surface area contributed by atoms with Gasteiger partial charge in [-0.15, -0.1) is 0 Å². The molecule has 0 bridgehead atoms. The lowest BCUT2D eigenvalue weighted by Gasteiger charge is -2.32. The number of alkyl halides is 3. The van der Waals surface area contributed by atoms with Crippen molar-refractivity contribution >= 4 is 11.9 Å². The van der Waals surface area contributed by atoms with Gasteiger partial charge in [0.2, 0.25) is 5.91 Å². The minimum Gasteiger partial charge on any atom is -0.458 e. The van der Waals surface area contributed by atoms with Crippen LogP contribution in [0.5, 0.6) is 0 Å². The molecule has 1 saturated heterocycles. The van der Waals surface area contributed by atoms with Crippen LogP contribution in [0.25, 0.3) is 0 Å². The molecule has 5 nitrogen and oxygen atoms in total. The summed E-state index contributed by atoms with van der Waals surface area (Å²) in [5, 5.41) is 4.56. The fourth-order valence-electron chi connectivity index (χ4n) is 3.01. The molecule has 8 heteroatoms. The first kappa shape index (κ1) is 21.2. The Labute approximate surface area is 156 Å². The maximum atomic E-state index is 13.6. The molecular weight excluding hydrogens is 361 g/mol. The van der Waals surface area contributed by atoms with Crippen LogP contribution in [0.1, 0.15) is 39.2 Å². The number of nitrogens with one attached hydrogen (secondary N) is 2. The monoisotopic (exact) mass is 386 g/mol. The van der Waals surface area contributed by atoms with E-state index in [-0.39, 0.29) is 25.8 Å². The van der Waals surface area contributed by atoms with Gasteiger partial charge in [-0.1, -0.05) is 30.3 Å². The number of hydrogen-bond acceptors (Lipinski definition) is 4. The molecule has 1 aliphatic rings. The number of benzene rings is 1. The van der Waals surface area contributed by atoms with E-state index in [9.17, 15) is 22.8 Å². The molecule has 0 aromatic heterocycles. The third kappa shape index (κ3) is 5.22. The zero-order chi connectivity index (χ0) is 20.3. The van der Waals surface area contributed by atoms with Crippen LogP contribution in [0.4, 0.5) is 13.2 Å². The van der Waals surface area contributed by atoms with Gasteiger partial charge in [-0.05, 0) is 45.7 Å². The van der Waals surface area contributed by atoms with Gasteiger partial charge in [0.05, 0.1) is 0 Å². The van der Waals surface area contributed by atoms with E-state index in [0.717, 1.165) is 0 Å². The van der Waals surface area contributed by atoms with Crippen molar-refractivity contribution in [2.45, 2.75) is 63.4 Å². The number of ether oxygens (including phenoxy) is 1. The van der Waals surface area contributed by atoms with Crippen LogP contribution in [0.2, 0.25) is 0 Å². The van der Waals surface area contributed by atoms with E-state index in [1.54, 1.807) is 51.1 Å². The average Bonchev–Trinajstić information content (AvgIpc) is 3.04. The lowest BCUT2D eigenvalue weighted by atomic mass is 9.94. The first-order valence-electron chi connectivity index (χ1n) is 8.84. The minimum atomic E-state index is -4.77. The van der Waals surface area contributed by atoms with Crippen molar-refractivity contribution in [3.05, 3.63) is 35.9 Å². The molecule has 2 atom stereocenters. The minimum absolute atomic E-state index is 0.0371. The summed E-state index contributed by atoms with van der Waals surface area (Å²) in [6, 6.07) is 7.53. The van der Waals surface area contributed by atoms with Crippen molar-refractivity contribution in [3.8, 4) is 0 Å². The van der Waals surface area contributed by atoms with Gasteiger partial charge in [-0.25, -0.2) is 4.79 Å². The Morgan fingerprint density at radius 1 is 1.22 bits per heavy atom. The van der Waals surface area contributed by atoms with Crippen molar-refractivity contribution in [3.63, 3.8) is 0 Å². The number of amides is 1. The highest BCUT2D eigenvalue weighted by molar-refractivity contribution is 5.91. The van der Waals surface area contributed by atoms with Gasteiger partial charge in [0.15, 0.2) is 5.54 Å². The highest BCUT2D eigenvalue weighted by Gasteiger charge is 2.61. The van der Waals surface area contributed by atoms with Crippen LogP contribution < -0.4 is 10.6 Å². The predicted molar refractivity (Wildman–Crippen MR) is 93.9 cm³/mol. The number of esters is 1. The summed E-state index contributed by atoms with van der Waals surface area (Å²) in [6.45, 7) is 5.05. The van der Waals surface area contributed by atoms with E-state index < -0.39 is 35.2 Å². The fourth-order valence-corrected chi connectivity index (χ4v) is 3.01. The van der Waals surface area contributed by atoms with Gasteiger partial charge in [0.25, 0.3) is 0 Å². The summed E-state index contributed by atoms with van der Waals surface area (Å²) in [5.41, 5.74) is -2.80. The van der Waals surface area contributed by atoms with Gasteiger partial charge in [0.1, 0.15) is 11.6 Å². The Morgan fingerprint density at radius 2 is 1.85 bits per heavy atom. The van der Waals surface area contributed by atoms with Gasteiger partial charge in [-0.3, -0.25) is 10.1 Å².